The van der Waals surface area contributed by atoms with Gasteiger partial charge < -0.3 is 19.7 Å². The third-order valence-corrected chi connectivity index (χ3v) is 3.81. The van der Waals surface area contributed by atoms with Crippen molar-refractivity contribution >= 4 is 5.91 Å². The molecule has 2 fully saturated rings. The molecular weight excluding hydrogens is 256 g/mol. The summed E-state index contributed by atoms with van der Waals surface area (Å²) >= 11 is 0. The average molecular weight is 282 g/mol. The molecule has 0 aromatic heterocycles. The van der Waals surface area contributed by atoms with Crippen LogP contribution in [0.1, 0.15) is 25.7 Å². The lowest BCUT2D eigenvalue weighted by atomic mass is 10.2. The van der Waals surface area contributed by atoms with E-state index in [9.17, 15) is 4.79 Å². The first-order valence-electron chi connectivity index (χ1n) is 7.62. The second kappa shape index (κ2) is 8.39. The smallest absolute Gasteiger partial charge is 0.236 e. The van der Waals surface area contributed by atoms with E-state index in [1.54, 1.807) is 6.08 Å². The van der Waals surface area contributed by atoms with Gasteiger partial charge in [-0.1, -0.05) is 6.08 Å². The molecule has 1 N–H and O–H groups in total. The van der Waals surface area contributed by atoms with Crippen LogP contribution in [0.4, 0.5) is 0 Å². The Hall–Kier alpha value is -0.910. The van der Waals surface area contributed by atoms with Crippen molar-refractivity contribution in [1.82, 2.24) is 10.2 Å². The van der Waals surface area contributed by atoms with Gasteiger partial charge in [-0.2, -0.15) is 0 Å². The first-order valence-corrected chi connectivity index (χ1v) is 7.62. The van der Waals surface area contributed by atoms with Crippen molar-refractivity contribution in [1.29, 1.82) is 0 Å². The molecule has 0 saturated carbocycles. The quantitative estimate of drug-likeness (QED) is 0.532. The number of amides is 1. The maximum absolute atomic E-state index is 12.3. The molecule has 2 unspecified atom stereocenters. The number of hydrogen-bond donors (Lipinski definition) is 1. The molecule has 20 heavy (non-hydrogen) atoms. The highest BCUT2D eigenvalue weighted by atomic mass is 16.5. The van der Waals surface area contributed by atoms with Gasteiger partial charge in [0.2, 0.25) is 5.91 Å². The van der Waals surface area contributed by atoms with Gasteiger partial charge in [-0.05, 0) is 25.7 Å². The lowest BCUT2D eigenvalue weighted by molar-refractivity contribution is -0.133. The molecular formula is C15H26N2O3. The highest BCUT2D eigenvalue weighted by Gasteiger charge is 2.26. The summed E-state index contributed by atoms with van der Waals surface area (Å²) in [5.74, 6) is 0.123. The summed E-state index contributed by atoms with van der Waals surface area (Å²) in [7, 11) is 0. The topological polar surface area (TPSA) is 50.8 Å². The van der Waals surface area contributed by atoms with Crippen molar-refractivity contribution in [2.45, 2.75) is 37.9 Å². The molecule has 1 amide bonds. The Morgan fingerprint density at radius 1 is 1.20 bits per heavy atom. The van der Waals surface area contributed by atoms with Crippen LogP contribution in [0.2, 0.25) is 0 Å². The van der Waals surface area contributed by atoms with Crippen LogP contribution in [0.3, 0.4) is 0 Å². The van der Waals surface area contributed by atoms with E-state index in [0.717, 1.165) is 38.9 Å². The van der Waals surface area contributed by atoms with Gasteiger partial charge in [-0.15, -0.1) is 6.58 Å². The highest BCUT2D eigenvalue weighted by molar-refractivity contribution is 5.78. The van der Waals surface area contributed by atoms with Gasteiger partial charge in [-0.3, -0.25) is 4.79 Å². The molecule has 5 nitrogen and oxygen atoms in total. The van der Waals surface area contributed by atoms with Gasteiger partial charge in [0.1, 0.15) is 0 Å². The monoisotopic (exact) mass is 282 g/mol. The minimum absolute atomic E-state index is 0.123. The Kier molecular flexibility index (Phi) is 6.50. The Labute approximate surface area is 121 Å². The average Bonchev–Trinajstić information content (AvgIpc) is 3.11. The number of nitrogens with zero attached hydrogens (tertiary/aromatic N) is 1. The summed E-state index contributed by atoms with van der Waals surface area (Å²) in [5, 5.41) is 3.07. The largest absolute Gasteiger partial charge is 0.376 e. The number of ether oxygens (including phenoxy) is 2. The predicted molar refractivity (Wildman–Crippen MR) is 77.6 cm³/mol. The molecule has 2 atom stereocenters. The van der Waals surface area contributed by atoms with Crippen LogP contribution in [-0.2, 0) is 14.3 Å². The molecule has 2 rings (SSSR count). The van der Waals surface area contributed by atoms with Gasteiger partial charge in [0.05, 0.1) is 18.8 Å². The molecule has 0 aliphatic carbocycles. The minimum atomic E-state index is 0.123. The summed E-state index contributed by atoms with van der Waals surface area (Å²) < 4.78 is 11.3. The van der Waals surface area contributed by atoms with E-state index in [0.29, 0.717) is 26.2 Å². The fourth-order valence-electron chi connectivity index (χ4n) is 2.74. The number of carbonyl (C=O) groups is 1. The second-order valence-electron chi connectivity index (χ2n) is 5.49. The summed E-state index contributed by atoms with van der Waals surface area (Å²) in [4.78, 5) is 14.2. The zero-order valence-electron chi connectivity index (χ0n) is 12.2. The van der Waals surface area contributed by atoms with E-state index < -0.39 is 0 Å². The number of nitrogens with one attached hydrogen (secondary N) is 1. The summed E-state index contributed by atoms with van der Waals surface area (Å²) in [6.45, 7) is 7.67. The molecule has 2 heterocycles. The zero-order valence-corrected chi connectivity index (χ0v) is 12.2. The Morgan fingerprint density at radius 3 is 2.25 bits per heavy atom. The van der Waals surface area contributed by atoms with Crippen LogP contribution in [0.15, 0.2) is 12.7 Å². The van der Waals surface area contributed by atoms with E-state index in [-0.39, 0.29) is 18.1 Å². The summed E-state index contributed by atoms with van der Waals surface area (Å²) in [6.07, 6.45) is 6.45. The van der Waals surface area contributed by atoms with Crippen LogP contribution in [0.25, 0.3) is 0 Å². The van der Waals surface area contributed by atoms with Crippen molar-refractivity contribution in [3.05, 3.63) is 12.7 Å². The van der Waals surface area contributed by atoms with E-state index >= 15 is 0 Å². The standard InChI is InChI=1S/C15H26N2O3/c1-2-7-16-10-15(18)17(11-13-5-3-8-19-13)12-14-6-4-9-20-14/h2,13-14,16H,1,3-12H2. The zero-order chi connectivity index (χ0) is 14.2. The van der Waals surface area contributed by atoms with E-state index in [2.05, 4.69) is 11.9 Å². The maximum atomic E-state index is 12.3. The number of hydrogen-bond acceptors (Lipinski definition) is 4. The van der Waals surface area contributed by atoms with E-state index in [1.165, 1.54) is 0 Å². The van der Waals surface area contributed by atoms with Gasteiger partial charge in [0.25, 0.3) is 0 Å². The van der Waals surface area contributed by atoms with Gasteiger partial charge in [0.15, 0.2) is 0 Å². The van der Waals surface area contributed by atoms with Crippen molar-refractivity contribution in [3.63, 3.8) is 0 Å². The molecule has 2 aliphatic heterocycles. The van der Waals surface area contributed by atoms with Gasteiger partial charge in [0, 0.05) is 32.8 Å². The molecule has 0 aromatic carbocycles. The summed E-state index contributed by atoms with van der Waals surface area (Å²) in [6, 6.07) is 0. The lowest BCUT2D eigenvalue weighted by Gasteiger charge is -2.28. The fraction of sp³-hybridized carbons (Fsp3) is 0.800. The fourth-order valence-corrected chi connectivity index (χ4v) is 2.74. The van der Waals surface area contributed by atoms with Crippen molar-refractivity contribution in [2.75, 3.05) is 39.4 Å². The van der Waals surface area contributed by atoms with Crippen molar-refractivity contribution < 1.29 is 14.3 Å². The molecule has 0 radical (unpaired) electrons. The van der Waals surface area contributed by atoms with Crippen molar-refractivity contribution in [3.8, 4) is 0 Å². The Balaban J connectivity index is 1.83. The molecule has 5 heteroatoms. The SMILES string of the molecule is C=CCNCC(=O)N(CC1CCCO1)CC1CCCO1. The Morgan fingerprint density at radius 2 is 1.80 bits per heavy atom. The molecule has 0 aromatic rings. The molecule has 2 saturated heterocycles. The highest BCUT2D eigenvalue weighted by Crippen LogP contribution is 2.17. The number of carbonyl (C=O) groups excluding carboxylic acids is 1. The van der Waals surface area contributed by atoms with Crippen LogP contribution in [-0.4, -0.2) is 62.4 Å². The first kappa shape index (κ1) is 15.5. The minimum Gasteiger partial charge on any atom is -0.376 e. The normalized spacial score (nSPS) is 25.8. The Bertz CT molecular complexity index is 292. The molecule has 0 spiro atoms. The third kappa shape index (κ3) is 4.89. The van der Waals surface area contributed by atoms with E-state index in [1.807, 2.05) is 4.90 Å². The maximum Gasteiger partial charge on any atom is 0.236 e. The van der Waals surface area contributed by atoms with Crippen LogP contribution in [0.5, 0.6) is 0 Å². The van der Waals surface area contributed by atoms with Gasteiger partial charge >= 0.3 is 0 Å². The van der Waals surface area contributed by atoms with Gasteiger partial charge in [-0.25, -0.2) is 0 Å². The van der Waals surface area contributed by atoms with Crippen LogP contribution < -0.4 is 5.32 Å². The lowest BCUT2D eigenvalue weighted by Crippen LogP contribution is -2.45. The second-order valence-corrected chi connectivity index (χ2v) is 5.49. The van der Waals surface area contributed by atoms with Crippen molar-refractivity contribution in [2.24, 2.45) is 0 Å². The third-order valence-electron chi connectivity index (χ3n) is 3.81. The first-order chi connectivity index (χ1) is 9.79. The molecule has 0 bridgehead atoms. The van der Waals surface area contributed by atoms with Crippen LogP contribution >= 0.6 is 0 Å². The van der Waals surface area contributed by atoms with E-state index in [4.69, 9.17) is 9.47 Å². The predicted octanol–water partition coefficient (Wildman–Crippen LogP) is 0.949. The number of rotatable bonds is 8. The molecule has 2 aliphatic rings. The molecule has 114 valence electrons. The van der Waals surface area contributed by atoms with Crippen LogP contribution in [0, 0.1) is 0 Å². The summed E-state index contributed by atoms with van der Waals surface area (Å²) in [5.41, 5.74) is 0.